The van der Waals surface area contributed by atoms with Gasteiger partial charge in [0.05, 0.1) is 30.2 Å². The molecule has 13 nitrogen and oxygen atoms in total. The number of anilines is 1. The van der Waals surface area contributed by atoms with E-state index in [9.17, 15) is 34.2 Å². The van der Waals surface area contributed by atoms with E-state index in [1.165, 1.54) is 12.0 Å². The summed E-state index contributed by atoms with van der Waals surface area (Å²) in [4.78, 5) is 79.8. The van der Waals surface area contributed by atoms with E-state index in [1.807, 2.05) is 0 Å². The summed E-state index contributed by atoms with van der Waals surface area (Å²) in [5, 5.41) is 23.2. The van der Waals surface area contributed by atoms with Crippen LogP contribution in [0.15, 0.2) is 22.6 Å². The zero-order valence-electron chi connectivity index (χ0n) is 23.9. The van der Waals surface area contributed by atoms with Crippen molar-refractivity contribution in [2.75, 3.05) is 40.2 Å². The van der Waals surface area contributed by atoms with Gasteiger partial charge in [-0.3, -0.25) is 28.9 Å². The number of hydrogen-bond donors (Lipinski definition) is 3. The third kappa shape index (κ3) is 4.18. The van der Waals surface area contributed by atoms with Crippen LogP contribution in [0.5, 0.6) is 5.75 Å². The number of ketones is 4. The van der Waals surface area contributed by atoms with Crippen LogP contribution < -0.4 is 10.6 Å². The number of Topliss-reactive ketones (excluding diaryl/α,β-unsaturated/α-hetero) is 4. The van der Waals surface area contributed by atoms with Crippen LogP contribution >= 0.6 is 0 Å². The summed E-state index contributed by atoms with van der Waals surface area (Å²) in [6.07, 6.45) is 0.124. The van der Waals surface area contributed by atoms with Crippen LogP contribution in [-0.4, -0.2) is 91.1 Å². The van der Waals surface area contributed by atoms with Crippen LogP contribution in [0.25, 0.3) is 11.3 Å². The molecule has 1 aromatic heterocycles. The van der Waals surface area contributed by atoms with Crippen molar-refractivity contribution in [1.29, 1.82) is 0 Å². The lowest BCUT2D eigenvalue weighted by molar-refractivity contribution is -0.284. The van der Waals surface area contributed by atoms with Gasteiger partial charge in [0.2, 0.25) is 5.91 Å². The summed E-state index contributed by atoms with van der Waals surface area (Å²) in [7, 11) is 7.96. The molecule has 0 saturated heterocycles. The standard InChI is InChI=1S/C29H33N3O10/c1-31(2)17-10-15(18-7-6-13(42-18)11-41-40-5)23(33)20-14(17)8-12-9-16-22(32(3)4)25(35)21(28(30)38)27(37)29(16,39)26(36)19(12)24(20)34/h6-7,10,12,16,19,21-22,33,39H,8-9,11H2,1-5H3,(H2,30,38)/t12-,16-,19?,21?,22-,29-/m0/s1. The Kier molecular flexibility index (Phi) is 7.34. The highest BCUT2D eigenvalue weighted by Crippen LogP contribution is 2.53. The third-order valence-electron chi connectivity index (χ3n) is 8.77. The summed E-state index contributed by atoms with van der Waals surface area (Å²) in [6, 6.07) is 3.72. The second-order valence-corrected chi connectivity index (χ2v) is 11.5. The van der Waals surface area contributed by atoms with Crippen molar-refractivity contribution in [2.24, 2.45) is 29.4 Å². The molecule has 6 atom stereocenters. The van der Waals surface area contributed by atoms with E-state index in [-0.39, 0.29) is 36.3 Å². The van der Waals surface area contributed by atoms with Gasteiger partial charge in [0, 0.05) is 25.7 Å². The topological polar surface area (TPSA) is 190 Å². The molecule has 42 heavy (non-hydrogen) atoms. The number of nitrogens with two attached hydrogens (primary N) is 1. The van der Waals surface area contributed by atoms with E-state index in [0.29, 0.717) is 17.0 Å². The van der Waals surface area contributed by atoms with Gasteiger partial charge in [-0.05, 0) is 56.6 Å². The zero-order chi connectivity index (χ0) is 30.8. The maximum atomic E-state index is 14.1. The van der Waals surface area contributed by atoms with Gasteiger partial charge in [0.1, 0.15) is 23.9 Å². The minimum atomic E-state index is -2.79. The number of primary amides is 1. The second kappa shape index (κ2) is 10.4. The van der Waals surface area contributed by atoms with Gasteiger partial charge in [-0.25, -0.2) is 9.78 Å². The minimum Gasteiger partial charge on any atom is -0.506 e. The summed E-state index contributed by atoms with van der Waals surface area (Å²) in [5.41, 5.74) is 3.75. The van der Waals surface area contributed by atoms with Crippen LogP contribution in [0.1, 0.15) is 28.1 Å². The highest BCUT2D eigenvalue weighted by molar-refractivity contribution is 6.32. The number of phenols is 1. The number of phenolic OH excluding ortho intramolecular Hbond substituents is 1. The fraction of sp³-hybridized carbons (Fsp3) is 0.483. The van der Waals surface area contributed by atoms with Crippen LogP contribution in [0.3, 0.4) is 0 Å². The van der Waals surface area contributed by atoms with Crippen LogP contribution in [-0.2, 0) is 42.0 Å². The number of likely N-dealkylation sites (N-methyl/N-ethyl adjacent to an activating group) is 1. The lowest BCUT2D eigenvalue weighted by Gasteiger charge is -2.52. The van der Waals surface area contributed by atoms with Crippen molar-refractivity contribution in [1.82, 2.24) is 4.90 Å². The summed E-state index contributed by atoms with van der Waals surface area (Å²) in [5.74, 6) is -10.4. The number of amides is 1. The molecule has 1 heterocycles. The van der Waals surface area contributed by atoms with Crippen molar-refractivity contribution in [3.63, 3.8) is 0 Å². The first kappa shape index (κ1) is 29.6. The van der Waals surface area contributed by atoms with E-state index < -0.39 is 70.1 Å². The summed E-state index contributed by atoms with van der Waals surface area (Å²) < 4.78 is 5.79. The van der Waals surface area contributed by atoms with Gasteiger partial charge < -0.3 is 25.3 Å². The Hall–Kier alpha value is -3.91. The molecule has 5 rings (SSSR count). The molecule has 1 amide bonds. The monoisotopic (exact) mass is 583 g/mol. The molecule has 4 N–H and O–H groups in total. The number of carbonyl (C=O) groups is 5. The Labute approximate surface area is 241 Å². The first-order valence-electron chi connectivity index (χ1n) is 13.4. The molecule has 3 aliphatic rings. The van der Waals surface area contributed by atoms with Crippen molar-refractivity contribution >= 4 is 34.7 Å². The number of furan rings is 1. The lowest BCUT2D eigenvalue weighted by atomic mass is 9.52. The molecule has 0 bridgehead atoms. The zero-order valence-corrected chi connectivity index (χ0v) is 23.9. The number of aliphatic hydroxyl groups is 1. The van der Waals surface area contributed by atoms with Crippen molar-refractivity contribution in [2.45, 2.75) is 31.1 Å². The number of aromatic hydroxyl groups is 1. The fourth-order valence-electron chi connectivity index (χ4n) is 6.96. The van der Waals surface area contributed by atoms with Gasteiger partial charge in [0.15, 0.2) is 34.7 Å². The van der Waals surface area contributed by atoms with E-state index in [0.717, 1.165) is 0 Å². The molecule has 2 fully saturated rings. The first-order valence-corrected chi connectivity index (χ1v) is 13.4. The molecular weight excluding hydrogens is 550 g/mol. The number of carbonyl (C=O) groups excluding carboxylic acids is 5. The number of rotatable bonds is 7. The van der Waals surface area contributed by atoms with Gasteiger partial charge in [0.25, 0.3) is 0 Å². The predicted octanol–water partition coefficient (Wildman–Crippen LogP) is 0.271. The maximum absolute atomic E-state index is 14.1. The molecule has 2 unspecified atom stereocenters. The van der Waals surface area contributed by atoms with Crippen LogP contribution in [0, 0.1) is 23.7 Å². The number of fused-ring (bicyclic) bond motifs is 3. The molecule has 3 aliphatic carbocycles. The first-order chi connectivity index (χ1) is 19.7. The normalized spacial score (nSPS) is 28.9. The number of benzene rings is 1. The van der Waals surface area contributed by atoms with Gasteiger partial charge >= 0.3 is 0 Å². The predicted molar refractivity (Wildman–Crippen MR) is 145 cm³/mol. The van der Waals surface area contributed by atoms with Gasteiger partial charge in [-0.15, -0.1) is 0 Å². The number of nitrogens with zero attached hydrogens (tertiary/aromatic N) is 2. The van der Waals surface area contributed by atoms with Crippen molar-refractivity contribution < 1.29 is 48.4 Å². The highest BCUT2D eigenvalue weighted by Gasteiger charge is 2.69. The molecule has 0 radical (unpaired) electrons. The highest BCUT2D eigenvalue weighted by atomic mass is 17.2. The SMILES string of the molecule is COOCc1ccc(-c2cc(N(C)C)c3c(c2O)C(=O)C2C(=O)[C@]4(O)C(=O)C(C(N)=O)C(=O)[C@@H](N(C)C)[C@@H]4C[C@@H]2C3)o1. The average molecular weight is 584 g/mol. The molecule has 1 aromatic carbocycles. The van der Waals surface area contributed by atoms with Gasteiger partial charge in [-0.2, -0.15) is 0 Å². The minimum absolute atomic E-state index is 0.00352. The summed E-state index contributed by atoms with van der Waals surface area (Å²) >= 11 is 0. The smallest absolute Gasteiger partial charge is 0.235 e. The molecule has 0 spiro atoms. The van der Waals surface area contributed by atoms with E-state index >= 15 is 0 Å². The molecular formula is C29H33N3O10. The van der Waals surface area contributed by atoms with E-state index in [1.54, 1.807) is 51.3 Å². The Bertz CT molecular complexity index is 1510. The molecule has 0 aliphatic heterocycles. The Morgan fingerprint density at radius 1 is 1.14 bits per heavy atom. The quantitative estimate of drug-likeness (QED) is 0.230. The Morgan fingerprint density at radius 3 is 2.43 bits per heavy atom. The maximum Gasteiger partial charge on any atom is 0.235 e. The Balaban J connectivity index is 1.64. The molecule has 13 heteroatoms. The second-order valence-electron chi connectivity index (χ2n) is 11.5. The molecule has 2 aromatic rings. The third-order valence-corrected chi connectivity index (χ3v) is 8.77. The van der Waals surface area contributed by atoms with Gasteiger partial charge in [-0.1, -0.05) is 0 Å². The molecule has 224 valence electrons. The Morgan fingerprint density at radius 2 is 1.83 bits per heavy atom. The number of hydrogen-bond acceptors (Lipinski definition) is 12. The largest absolute Gasteiger partial charge is 0.506 e. The lowest BCUT2D eigenvalue weighted by Crippen LogP contribution is -2.74. The summed E-state index contributed by atoms with van der Waals surface area (Å²) in [6.45, 7) is -0.00352. The molecule has 2 saturated carbocycles. The van der Waals surface area contributed by atoms with E-state index in [4.69, 9.17) is 15.0 Å². The van der Waals surface area contributed by atoms with E-state index in [2.05, 4.69) is 4.89 Å². The fourth-order valence-corrected chi connectivity index (χ4v) is 6.96. The van der Waals surface area contributed by atoms with Crippen LogP contribution in [0.2, 0.25) is 0 Å². The average Bonchev–Trinajstić information content (AvgIpc) is 3.37. The van der Waals surface area contributed by atoms with Crippen LogP contribution in [0.4, 0.5) is 5.69 Å². The van der Waals surface area contributed by atoms with Crippen molar-refractivity contribution in [3.8, 4) is 17.1 Å². The van der Waals surface area contributed by atoms with Crippen molar-refractivity contribution in [3.05, 3.63) is 35.1 Å².